The highest BCUT2D eigenvalue weighted by atomic mass is 35.5. The number of benzene rings is 1. The second kappa shape index (κ2) is 5.99. The first kappa shape index (κ1) is 13.8. The van der Waals surface area contributed by atoms with Gasteiger partial charge in [0.05, 0.1) is 26.3 Å². The highest BCUT2D eigenvalue weighted by Gasteiger charge is 2.16. The van der Waals surface area contributed by atoms with E-state index < -0.39 is 0 Å². The molecule has 102 valence electrons. The van der Waals surface area contributed by atoms with Crippen LogP contribution in [0.1, 0.15) is 5.76 Å². The molecule has 2 rings (SSSR count). The van der Waals surface area contributed by atoms with Crippen molar-refractivity contribution in [3.63, 3.8) is 0 Å². The molecule has 2 aromatic rings. The maximum absolute atomic E-state index is 6.23. The van der Waals surface area contributed by atoms with Crippen molar-refractivity contribution in [2.24, 2.45) is 0 Å². The van der Waals surface area contributed by atoms with E-state index in [-0.39, 0.29) is 0 Å². The van der Waals surface area contributed by atoms with E-state index in [2.05, 4.69) is 5.32 Å². The first-order chi connectivity index (χ1) is 9.21. The Kier molecular flexibility index (Phi) is 4.35. The van der Waals surface area contributed by atoms with Crippen LogP contribution in [0.5, 0.6) is 11.5 Å². The number of nitrogens with one attached hydrogen (secondary N) is 1. The van der Waals surface area contributed by atoms with Gasteiger partial charge in [-0.2, -0.15) is 0 Å². The predicted octanol–water partition coefficient (Wildman–Crippen LogP) is 3.34. The third-order valence-electron chi connectivity index (χ3n) is 2.76. The lowest BCUT2D eigenvalue weighted by Gasteiger charge is -2.11. The van der Waals surface area contributed by atoms with Crippen LogP contribution >= 0.6 is 11.6 Å². The number of methoxy groups -OCH3 is 2. The van der Waals surface area contributed by atoms with Gasteiger partial charge in [0.2, 0.25) is 0 Å². The van der Waals surface area contributed by atoms with Gasteiger partial charge in [-0.3, -0.25) is 0 Å². The summed E-state index contributed by atoms with van der Waals surface area (Å²) in [5, 5.41) is 3.47. The normalized spacial score (nSPS) is 10.5. The molecule has 1 N–H and O–H groups in total. The SMILES string of the molecule is CNCc1ccc(-c2ccc(OC)c(Cl)c2OC)o1. The van der Waals surface area contributed by atoms with Gasteiger partial charge < -0.3 is 19.2 Å². The Bertz CT molecular complexity index is 566. The molecular formula is C14H16ClNO3. The standard InChI is InChI=1S/C14H16ClNO3/c1-16-8-9-4-6-11(19-9)10-5-7-12(17-2)13(15)14(10)18-3/h4-7,16H,8H2,1-3H3. The molecule has 0 aliphatic heterocycles. The largest absolute Gasteiger partial charge is 0.495 e. The number of halogens is 1. The summed E-state index contributed by atoms with van der Waals surface area (Å²) in [6.07, 6.45) is 0. The number of hydrogen-bond donors (Lipinski definition) is 1. The van der Waals surface area contributed by atoms with Gasteiger partial charge in [0.25, 0.3) is 0 Å². The van der Waals surface area contributed by atoms with Crippen LogP contribution in [0.4, 0.5) is 0 Å². The minimum atomic E-state index is 0.439. The lowest BCUT2D eigenvalue weighted by molar-refractivity contribution is 0.394. The van der Waals surface area contributed by atoms with Crippen LogP contribution in [0.15, 0.2) is 28.7 Å². The smallest absolute Gasteiger partial charge is 0.152 e. The molecule has 0 aliphatic carbocycles. The average molecular weight is 282 g/mol. The van der Waals surface area contributed by atoms with Crippen LogP contribution in [0.25, 0.3) is 11.3 Å². The van der Waals surface area contributed by atoms with E-state index in [1.165, 1.54) is 0 Å². The Morgan fingerprint density at radius 2 is 1.95 bits per heavy atom. The summed E-state index contributed by atoms with van der Waals surface area (Å²) < 4.78 is 16.3. The fraction of sp³-hybridized carbons (Fsp3) is 0.286. The number of ether oxygens (including phenoxy) is 2. The summed E-state index contributed by atoms with van der Waals surface area (Å²) in [6, 6.07) is 7.47. The highest BCUT2D eigenvalue weighted by Crippen LogP contribution is 2.42. The first-order valence-corrected chi connectivity index (χ1v) is 6.23. The predicted molar refractivity (Wildman–Crippen MR) is 75.0 cm³/mol. The molecule has 0 unspecified atom stereocenters. The molecule has 19 heavy (non-hydrogen) atoms. The van der Waals surface area contributed by atoms with Gasteiger partial charge in [-0.1, -0.05) is 11.6 Å². The molecule has 0 saturated carbocycles. The van der Waals surface area contributed by atoms with E-state index in [9.17, 15) is 0 Å². The summed E-state index contributed by atoms with van der Waals surface area (Å²) in [6.45, 7) is 0.673. The Balaban J connectivity index is 2.46. The minimum absolute atomic E-state index is 0.439. The molecule has 5 heteroatoms. The number of hydrogen-bond acceptors (Lipinski definition) is 4. The van der Waals surface area contributed by atoms with Crippen molar-refractivity contribution in [2.45, 2.75) is 6.54 Å². The molecule has 0 bridgehead atoms. The van der Waals surface area contributed by atoms with Crippen molar-refractivity contribution < 1.29 is 13.9 Å². The fourth-order valence-electron chi connectivity index (χ4n) is 1.88. The van der Waals surface area contributed by atoms with E-state index >= 15 is 0 Å². The van der Waals surface area contributed by atoms with Gasteiger partial charge in [-0.25, -0.2) is 0 Å². The zero-order valence-corrected chi connectivity index (χ0v) is 11.9. The first-order valence-electron chi connectivity index (χ1n) is 5.85. The molecule has 1 aromatic heterocycles. The Morgan fingerprint density at radius 1 is 1.16 bits per heavy atom. The van der Waals surface area contributed by atoms with Crippen LogP contribution < -0.4 is 14.8 Å². The van der Waals surface area contributed by atoms with Crippen molar-refractivity contribution in [3.8, 4) is 22.8 Å². The Morgan fingerprint density at radius 3 is 2.58 bits per heavy atom. The summed E-state index contributed by atoms with van der Waals surface area (Å²) in [5.41, 5.74) is 0.802. The van der Waals surface area contributed by atoms with E-state index in [4.69, 9.17) is 25.5 Å². The summed E-state index contributed by atoms with van der Waals surface area (Å²) in [4.78, 5) is 0. The van der Waals surface area contributed by atoms with Gasteiger partial charge in [-0.05, 0) is 31.3 Å². The number of rotatable bonds is 5. The van der Waals surface area contributed by atoms with Crippen LogP contribution in [0.2, 0.25) is 5.02 Å². The number of furan rings is 1. The van der Waals surface area contributed by atoms with Gasteiger partial charge in [0.1, 0.15) is 22.3 Å². The van der Waals surface area contributed by atoms with E-state index in [1.807, 2.05) is 25.2 Å². The van der Waals surface area contributed by atoms with Crippen molar-refractivity contribution in [2.75, 3.05) is 21.3 Å². The van der Waals surface area contributed by atoms with E-state index in [1.54, 1.807) is 20.3 Å². The molecule has 4 nitrogen and oxygen atoms in total. The molecular weight excluding hydrogens is 266 g/mol. The minimum Gasteiger partial charge on any atom is -0.495 e. The van der Waals surface area contributed by atoms with Crippen LogP contribution in [0, 0.1) is 0 Å². The van der Waals surface area contributed by atoms with E-state index in [0.29, 0.717) is 28.8 Å². The average Bonchev–Trinajstić information content (AvgIpc) is 2.87. The van der Waals surface area contributed by atoms with Gasteiger partial charge in [0, 0.05) is 0 Å². The second-order valence-corrected chi connectivity index (χ2v) is 4.34. The summed E-state index contributed by atoms with van der Waals surface area (Å²) >= 11 is 6.23. The molecule has 0 saturated heterocycles. The quantitative estimate of drug-likeness (QED) is 0.913. The van der Waals surface area contributed by atoms with Crippen LogP contribution in [-0.4, -0.2) is 21.3 Å². The third kappa shape index (κ3) is 2.69. The molecule has 0 amide bonds. The van der Waals surface area contributed by atoms with Crippen molar-refractivity contribution in [1.82, 2.24) is 5.32 Å². The lowest BCUT2D eigenvalue weighted by Crippen LogP contribution is -2.03. The molecule has 0 fully saturated rings. The topological polar surface area (TPSA) is 43.6 Å². The maximum atomic E-state index is 6.23. The zero-order chi connectivity index (χ0) is 13.8. The van der Waals surface area contributed by atoms with Gasteiger partial charge in [0.15, 0.2) is 5.75 Å². The van der Waals surface area contributed by atoms with Crippen LogP contribution in [0.3, 0.4) is 0 Å². The lowest BCUT2D eigenvalue weighted by atomic mass is 10.1. The van der Waals surface area contributed by atoms with Crippen molar-refractivity contribution in [1.29, 1.82) is 0 Å². The maximum Gasteiger partial charge on any atom is 0.152 e. The molecule has 1 heterocycles. The molecule has 1 aromatic carbocycles. The molecule has 0 aliphatic rings. The molecule has 0 spiro atoms. The summed E-state index contributed by atoms with van der Waals surface area (Å²) in [7, 11) is 5.01. The second-order valence-electron chi connectivity index (χ2n) is 3.96. The fourth-order valence-corrected chi connectivity index (χ4v) is 2.20. The van der Waals surface area contributed by atoms with Gasteiger partial charge >= 0.3 is 0 Å². The van der Waals surface area contributed by atoms with Crippen molar-refractivity contribution >= 4 is 11.6 Å². The Labute approximate surface area is 117 Å². The van der Waals surface area contributed by atoms with Crippen molar-refractivity contribution in [3.05, 3.63) is 35.0 Å². The monoisotopic (exact) mass is 281 g/mol. The zero-order valence-electron chi connectivity index (χ0n) is 11.1. The Hall–Kier alpha value is -1.65. The van der Waals surface area contributed by atoms with Crippen LogP contribution in [-0.2, 0) is 6.54 Å². The van der Waals surface area contributed by atoms with Gasteiger partial charge in [-0.15, -0.1) is 0 Å². The van der Waals surface area contributed by atoms with E-state index in [0.717, 1.165) is 11.3 Å². The summed E-state index contributed by atoms with van der Waals surface area (Å²) in [5.74, 6) is 2.69. The molecule has 0 atom stereocenters. The molecule has 0 radical (unpaired) electrons. The third-order valence-corrected chi connectivity index (χ3v) is 3.12. The highest BCUT2D eigenvalue weighted by molar-refractivity contribution is 6.34.